The third-order valence-electron chi connectivity index (χ3n) is 5.36. The Labute approximate surface area is 167 Å². The first-order valence-corrected chi connectivity index (χ1v) is 11.5. The van der Waals surface area contributed by atoms with Gasteiger partial charge in [-0.2, -0.15) is 0 Å². The van der Waals surface area contributed by atoms with Gasteiger partial charge >= 0.3 is 0 Å². The number of rotatable bonds is 7. The predicted molar refractivity (Wildman–Crippen MR) is 112 cm³/mol. The van der Waals surface area contributed by atoms with E-state index in [-0.39, 0.29) is 17.3 Å². The van der Waals surface area contributed by atoms with E-state index in [0.29, 0.717) is 11.6 Å². The molecule has 2 aromatic carbocycles. The zero-order valence-electron chi connectivity index (χ0n) is 16.3. The van der Waals surface area contributed by atoms with Crippen LogP contribution in [0, 0.1) is 0 Å². The quantitative estimate of drug-likeness (QED) is 0.731. The highest BCUT2D eigenvalue weighted by Crippen LogP contribution is 2.32. The van der Waals surface area contributed by atoms with Crippen molar-refractivity contribution in [3.05, 3.63) is 59.7 Å². The number of nitrogens with one attached hydrogen (secondary N) is 2. The summed E-state index contributed by atoms with van der Waals surface area (Å²) in [4.78, 5) is 12.4. The number of aryl methyl sites for hydroxylation is 1. The van der Waals surface area contributed by atoms with E-state index in [4.69, 9.17) is 0 Å². The number of hydrogen-bond acceptors (Lipinski definition) is 3. The molecule has 1 aliphatic rings. The first-order chi connectivity index (χ1) is 13.5. The Kier molecular flexibility index (Phi) is 6.86. The summed E-state index contributed by atoms with van der Waals surface area (Å²) in [5.41, 5.74) is 2.93. The van der Waals surface area contributed by atoms with Crippen molar-refractivity contribution in [2.75, 3.05) is 11.9 Å². The normalized spacial score (nSPS) is 15.3. The van der Waals surface area contributed by atoms with Crippen molar-refractivity contribution in [2.24, 2.45) is 0 Å². The molecule has 0 spiro atoms. The molecule has 1 fully saturated rings. The van der Waals surface area contributed by atoms with Crippen LogP contribution in [0.3, 0.4) is 0 Å². The van der Waals surface area contributed by atoms with Crippen molar-refractivity contribution in [1.29, 1.82) is 0 Å². The van der Waals surface area contributed by atoms with Gasteiger partial charge in [-0.3, -0.25) is 4.79 Å². The molecule has 6 heteroatoms. The summed E-state index contributed by atoms with van der Waals surface area (Å²) in [5, 5.41) is 2.77. The highest BCUT2D eigenvalue weighted by atomic mass is 32.2. The summed E-state index contributed by atoms with van der Waals surface area (Å²) in [6.07, 6.45) is 6.89. The zero-order valence-corrected chi connectivity index (χ0v) is 17.1. The van der Waals surface area contributed by atoms with E-state index in [0.717, 1.165) is 12.0 Å². The molecule has 150 valence electrons. The predicted octanol–water partition coefficient (Wildman–Crippen LogP) is 4.21. The second kappa shape index (κ2) is 9.34. The summed E-state index contributed by atoms with van der Waals surface area (Å²) >= 11 is 0. The summed E-state index contributed by atoms with van der Waals surface area (Å²) in [6.45, 7) is 1.70. The molecule has 0 unspecified atom stereocenters. The van der Waals surface area contributed by atoms with Crippen LogP contribution in [0.25, 0.3) is 0 Å². The average Bonchev–Trinajstić information content (AvgIpc) is 2.73. The van der Waals surface area contributed by atoms with Gasteiger partial charge < -0.3 is 5.32 Å². The zero-order chi connectivity index (χ0) is 20.0. The van der Waals surface area contributed by atoms with Crippen molar-refractivity contribution in [3.8, 4) is 0 Å². The lowest BCUT2D eigenvalue weighted by Crippen LogP contribution is -2.33. The minimum absolute atomic E-state index is 0.189. The fourth-order valence-electron chi connectivity index (χ4n) is 3.74. The van der Waals surface area contributed by atoms with E-state index in [2.05, 4.69) is 10.0 Å². The number of para-hydroxylation sites is 1. The first kappa shape index (κ1) is 20.6. The lowest BCUT2D eigenvalue weighted by molar-refractivity contribution is -0.115. The molecule has 0 aliphatic heterocycles. The second-order valence-corrected chi connectivity index (χ2v) is 9.05. The molecule has 0 aromatic heterocycles. The second-order valence-electron chi connectivity index (χ2n) is 7.29. The maximum absolute atomic E-state index is 12.5. The molecule has 2 aromatic rings. The fraction of sp³-hybridized carbons (Fsp3) is 0.409. The number of amides is 1. The van der Waals surface area contributed by atoms with Gasteiger partial charge in [-0.1, -0.05) is 56.5 Å². The molecule has 0 bridgehead atoms. The Morgan fingerprint density at radius 3 is 2.36 bits per heavy atom. The summed E-state index contributed by atoms with van der Waals surface area (Å²) < 4.78 is 27.4. The van der Waals surface area contributed by atoms with Crippen molar-refractivity contribution >= 4 is 21.6 Å². The maximum atomic E-state index is 12.5. The van der Waals surface area contributed by atoms with Crippen LogP contribution in [0.5, 0.6) is 0 Å². The van der Waals surface area contributed by atoms with Crippen LogP contribution in [-0.4, -0.2) is 20.9 Å². The molecule has 0 saturated heterocycles. The molecule has 28 heavy (non-hydrogen) atoms. The molecule has 0 heterocycles. The van der Waals surface area contributed by atoms with Crippen molar-refractivity contribution < 1.29 is 13.2 Å². The van der Waals surface area contributed by atoms with E-state index in [1.165, 1.54) is 37.7 Å². The van der Waals surface area contributed by atoms with Gasteiger partial charge in [0.25, 0.3) is 0 Å². The third-order valence-corrected chi connectivity index (χ3v) is 6.78. The summed E-state index contributed by atoms with van der Waals surface area (Å²) in [5.74, 6) is 0.145. The number of anilines is 1. The monoisotopic (exact) mass is 400 g/mol. The van der Waals surface area contributed by atoms with Crippen LogP contribution in [0.4, 0.5) is 5.69 Å². The topological polar surface area (TPSA) is 75.3 Å². The van der Waals surface area contributed by atoms with Crippen molar-refractivity contribution in [3.63, 3.8) is 0 Å². The number of sulfonamides is 1. The number of benzene rings is 2. The highest BCUT2D eigenvalue weighted by Gasteiger charge is 2.19. The number of hydrogen-bond donors (Lipinski definition) is 2. The molecule has 1 aliphatic carbocycles. The molecule has 0 atom stereocenters. The molecule has 1 saturated carbocycles. The Balaban J connectivity index is 1.59. The van der Waals surface area contributed by atoms with Gasteiger partial charge in [-0.25, -0.2) is 13.1 Å². The Bertz CT molecular complexity index is 902. The van der Waals surface area contributed by atoms with Crippen LogP contribution in [0.2, 0.25) is 0 Å². The molecule has 1 amide bonds. The Morgan fingerprint density at radius 2 is 1.68 bits per heavy atom. The van der Waals surface area contributed by atoms with Crippen LogP contribution in [0.15, 0.2) is 53.4 Å². The molecule has 0 radical (unpaired) electrons. The molecular weight excluding hydrogens is 372 g/mol. The van der Waals surface area contributed by atoms with E-state index < -0.39 is 10.0 Å². The standard InChI is InChI=1S/C22H28N2O3S/c1-2-17-8-6-7-11-21(17)24-22(25)16-23-28(26,27)20-14-12-19(13-15-20)18-9-4-3-5-10-18/h6-8,11-15,18,23H,2-5,9-10,16H2,1H3,(H,24,25). The first-order valence-electron chi connectivity index (χ1n) is 9.97. The largest absolute Gasteiger partial charge is 0.325 e. The maximum Gasteiger partial charge on any atom is 0.241 e. The molecule has 2 N–H and O–H groups in total. The van der Waals surface area contributed by atoms with Crippen molar-refractivity contribution in [1.82, 2.24) is 4.72 Å². The Morgan fingerprint density at radius 1 is 1.00 bits per heavy atom. The van der Waals surface area contributed by atoms with Crippen LogP contribution in [0.1, 0.15) is 56.1 Å². The van der Waals surface area contributed by atoms with Crippen molar-refractivity contribution in [2.45, 2.75) is 56.3 Å². The minimum Gasteiger partial charge on any atom is -0.325 e. The fourth-order valence-corrected chi connectivity index (χ4v) is 4.73. The van der Waals surface area contributed by atoms with Gasteiger partial charge in [0.1, 0.15) is 0 Å². The lowest BCUT2D eigenvalue weighted by atomic mass is 9.84. The number of carbonyl (C=O) groups is 1. The van der Waals surface area contributed by atoms with E-state index >= 15 is 0 Å². The van der Waals surface area contributed by atoms with Crippen LogP contribution >= 0.6 is 0 Å². The average molecular weight is 401 g/mol. The summed E-state index contributed by atoms with van der Waals surface area (Å²) in [7, 11) is -3.72. The highest BCUT2D eigenvalue weighted by molar-refractivity contribution is 7.89. The number of carbonyl (C=O) groups excluding carboxylic acids is 1. The van der Waals surface area contributed by atoms with E-state index in [1.807, 2.05) is 43.3 Å². The molecule has 3 rings (SSSR count). The summed E-state index contributed by atoms with van der Waals surface area (Å²) in [6, 6.07) is 14.6. The molecule has 5 nitrogen and oxygen atoms in total. The third kappa shape index (κ3) is 5.20. The molecular formula is C22H28N2O3S. The SMILES string of the molecule is CCc1ccccc1NC(=O)CNS(=O)(=O)c1ccc(C2CCCCC2)cc1. The van der Waals surface area contributed by atoms with E-state index in [9.17, 15) is 13.2 Å². The lowest BCUT2D eigenvalue weighted by Gasteiger charge is -2.22. The van der Waals surface area contributed by atoms with Gasteiger partial charge in [-0.05, 0) is 54.5 Å². The minimum atomic E-state index is -3.72. The van der Waals surface area contributed by atoms with Gasteiger partial charge in [0.05, 0.1) is 11.4 Å². The van der Waals surface area contributed by atoms with E-state index in [1.54, 1.807) is 12.1 Å². The Hall–Kier alpha value is -2.18. The van der Waals surface area contributed by atoms with Gasteiger partial charge in [-0.15, -0.1) is 0 Å². The van der Waals surface area contributed by atoms with Gasteiger partial charge in [0, 0.05) is 5.69 Å². The van der Waals surface area contributed by atoms with Crippen LogP contribution < -0.4 is 10.0 Å². The van der Waals surface area contributed by atoms with Crippen LogP contribution in [-0.2, 0) is 21.2 Å². The smallest absolute Gasteiger partial charge is 0.241 e. The van der Waals surface area contributed by atoms with Gasteiger partial charge in [0.15, 0.2) is 0 Å². The van der Waals surface area contributed by atoms with Gasteiger partial charge in [0.2, 0.25) is 15.9 Å².